The van der Waals surface area contributed by atoms with E-state index in [-0.39, 0.29) is 18.1 Å². The number of nitrogens with zero attached hydrogens (tertiary/aromatic N) is 3. The molecule has 1 unspecified atom stereocenters. The van der Waals surface area contributed by atoms with E-state index in [9.17, 15) is 9.18 Å². The Morgan fingerprint density at radius 3 is 2.77 bits per heavy atom. The summed E-state index contributed by atoms with van der Waals surface area (Å²) < 4.78 is 15.3. The average Bonchev–Trinajstić information content (AvgIpc) is 3.32. The highest BCUT2D eigenvalue weighted by Crippen LogP contribution is 2.25. The Balaban J connectivity index is 1.40. The van der Waals surface area contributed by atoms with Crippen LogP contribution in [0.15, 0.2) is 58.3 Å². The Labute approximate surface area is 189 Å². The van der Waals surface area contributed by atoms with Crippen molar-refractivity contribution in [2.24, 2.45) is 5.16 Å². The predicted octanol–water partition coefficient (Wildman–Crippen LogP) is 5.27. The molecule has 0 bridgehead atoms. The van der Waals surface area contributed by atoms with Gasteiger partial charge in [0.2, 0.25) is 6.10 Å². The van der Waals surface area contributed by atoms with Crippen LogP contribution in [0.25, 0.3) is 0 Å². The zero-order valence-corrected chi connectivity index (χ0v) is 18.4. The summed E-state index contributed by atoms with van der Waals surface area (Å²) in [5, 5.41) is 12.1. The third kappa shape index (κ3) is 4.66. The van der Waals surface area contributed by atoms with Gasteiger partial charge in [-0.3, -0.25) is 9.48 Å². The van der Waals surface area contributed by atoms with Gasteiger partial charge in [0, 0.05) is 22.7 Å². The zero-order valence-electron chi connectivity index (χ0n) is 15.3. The number of oxime groups is 1. The molecule has 1 aliphatic rings. The predicted molar refractivity (Wildman–Crippen MR) is 117 cm³/mol. The van der Waals surface area contributed by atoms with E-state index < -0.39 is 6.10 Å². The summed E-state index contributed by atoms with van der Waals surface area (Å²) in [6.45, 7) is 0.405. The fourth-order valence-corrected chi connectivity index (χ4v) is 3.80. The van der Waals surface area contributed by atoms with Crippen LogP contribution < -0.4 is 5.32 Å². The lowest BCUT2D eigenvalue weighted by Gasteiger charge is -2.08. The second-order valence-corrected chi connectivity index (χ2v) is 8.29. The minimum absolute atomic E-state index is 0.274. The first-order chi connectivity index (χ1) is 14.4. The van der Waals surface area contributed by atoms with Crippen molar-refractivity contribution in [2.75, 3.05) is 5.32 Å². The molecular formula is C20H14BrCl2FN4O2. The Hall–Kier alpha value is -2.42. The Kier molecular flexibility index (Phi) is 6.08. The highest BCUT2D eigenvalue weighted by Gasteiger charge is 2.30. The lowest BCUT2D eigenvalue weighted by molar-refractivity contribution is -0.125. The molecule has 1 aromatic heterocycles. The number of carbonyl (C=O) groups is 1. The number of hydrogen-bond acceptors (Lipinski definition) is 4. The Bertz CT molecular complexity index is 1130. The van der Waals surface area contributed by atoms with Crippen LogP contribution in [0.4, 0.5) is 10.2 Å². The lowest BCUT2D eigenvalue weighted by atomic mass is 10.0. The van der Waals surface area contributed by atoms with Crippen LogP contribution in [-0.2, 0) is 16.2 Å². The quantitative estimate of drug-likeness (QED) is 0.507. The van der Waals surface area contributed by atoms with Crippen LogP contribution in [0.2, 0.25) is 10.0 Å². The van der Waals surface area contributed by atoms with Crippen LogP contribution in [0, 0.1) is 5.82 Å². The molecule has 1 aliphatic heterocycles. The van der Waals surface area contributed by atoms with Crippen molar-refractivity contribution >= 4 is 56.6 Å². The van der Waals surface area contributed by atoms with Crippen molar-refractivity contribution in [3.63, 3.8) is 0 Å². The summed E-state index contributed by atoms with van der Waals surface area (Å²) in [4.78, 5) is 17.8. The molecule has 0 saturated heterocycles. The second kappa shape index (κ2) is 8.75. The van der Waals surface area contributed by atoms with E-state index in [4.69, 9.17) is 28.0 Å². The maximum atomic E-state index is 13.1. The van der Waals surface area contributed by atoms with Crippen LogP contribution in [-0.4, -0.2) is 27.5 Å². The van der Waals surface area contributed by atoms with Crippen LogP contribution in [0.3, 0.4) is 0 Å². The molecular weight excluding hydrogens is 498 g/mol. The largest absolute Gasteiger partial charge is 0.382 e. The lowest BCUT2D eigenvalue weighted by Crippen LogP contribution is -2.28. The molecule has 30 heavy (non-hydrogen) atoms. The van der Waals surface area contributed by atoms with Crippen molar-refractivity contribution in [3.8, 4) is 0 Å². The first kappa shape index (κ1) is 20.8. The van der Waals surface area contributed by atoms with Gasteiger partial charge in [0.05, 0.1) is 16.7 Å². The molecule has 4 rings (SSSR count). The van der Waals surface area contributed by atoms with Gasteiger partial charge in [-0.25, -0.2) is 4.39 Å². The summed E-state index contributed by atoms with van der Waals surface area (Å²) in [6, 6.07) is 11.1. The van der Waals surface area contributed by atoms with E-state index in [1.54, 1.807) is 35.1 Å². The van der Waals surface area contributed by atoms with Gasteiger partial charge >= 0.3 is 0 Å². The molecule has 0 aliphatic carbocycles. The minimum Gasteiger partial charge on any atom is -0.382 e. The van der Waals surface area contributed by atoms with Crippen molar-refractivity contribution in [1.82, 2.24) is 9.78 Å². The second-order valence-electron chi connectivity index (χ2n) is 6.59. The SMILES string of the molecule is O=C(Nc1nn(Cc2ccc(Cl)cc2Cl)cc1Br)C1CC(c2ccc(F)cc2)=NO1. The summed E-state index contributed by atoms with van der Waals surface area (Å²) >= 11 is 15.5. The topological polar surface area (TPSA) is 68.5 Å². The maximum Gasteiger partial charge on any atom is 0.269 e. The van der Waals surface area contributed by atoms with Crippen LogP contribution in [0.1, 0.15) is 17.5 Å². The van der Waals surface area contributed by atoms with Crippen molar-refractivity contribution in [2.45, 2.75) is 19.1 Å². The van der Waals surface area contributed by atoms with E-state index in [2.05, 4.69) is 31.5 Å². The summed E-state index contributed by atoms with van der Waals surface area (Å²) in [5.74, 6) is -0.372. The van der Waals surface area contributed by atoms with E-state index >= 15 is 0 Å². The number of hydrogen-bond donors (Lipinski definition) is 1. The first-order valence-corrected chi connectivity index (χ1v) is 10.4. The first-order valence-electron chi connectivity index (χ1n) is 8.85. The molecule has 1 N–H and O–H groups in total. The van der Waals surface area contributed by atoms with Gasteiger partial charge in [-0.05, 0) is 51.3 Å². The zero-order chi connectivity index (χ0) is 21.3. The number of halogens is 4. The third-order valence-corrected chi connectivity index (χ3v) is 5.61. The number of benzene rings is 2. The van der Waals surface area contributed by atoms with Gasteiger partial charge in [-0.1, -0.05) is 46.6 Å². The van der Waals surface area contributed by atoms with E-state index in [0.717, 1.165) is 5.56 Å². The van der Waals surface area contributed by atoms with Crippen molar-refractivity contribution in [3.05, 3.63) is 80.1 Å². The van der Waals surface area contributed by atoms with Crippen molar-refractivity contribution in [1.29, 1.82) is 0 Å². The average molecular weight is 512 g/mol. The molecule has 6 nitrogen and oxygen atoms in total. The van der Waals surface area contributed by atoms with E-state index in [0.29, 0.717) is 38.2 Å². The minimum atomic E-state index is -0.798. The van der Waals surface area contributed by atoms with Gasteiger partial charge in [-0.15, -0.1) is 0 Å². The number of aromatic nitrogens is 2. The summed E-state index contributed by atoms with van der Waals surface area (Å²) in [6.07, 6.45) is 1.21. The summed E-state index contributed by atoms with van der Waals surface area (Å²) in [5.41, 5.74) is 2.12. The molecule has 0 spiro atoms. The molecule has 3 aromatic rings. The number of anilines is 1. The number of amides is 1. The molecule has 1 atom stereocenters. The van der Waals surface area contributed by atoms with Gasteiger partial charge in [0.1, 0.15) is 5.82 Å². The van der Waals surface area contributed by atoms with Gasteiger partial charge < -0.3 is 10.2 Å². The van der Waals surface area contributed by atoms with Crippen LogP contribution in [0.5, 0.6) is 0 Å². The molecule has 0 fully saturated rings. The molecule has 2 heterocycles. The van der Waals surface area contributed by atoms with Crippen LogP contribution >= 0.6 is 39.1 Å². The van der Waals surface area contributed by atoms with E-state index in [1.165, 1.54) is 12.1 Å². The normalized spacial score (nSPS) is 15.6. The molecule has 0 saturated carbocycles. The molecule has 10 heteroatoms. The summed E-state index contributed by atoms with van der Waals surface area (Å²) in [7, 11) is 0. The maximum absolute atomic E-state index is 13.1. The number of carbonyl (C=O) groups excluding carboxylic acids is 1. The molecule has 1 amide bonds. The monoisotopic (exact) mass is 510 g/mol. The Morgan fingerprint density at radius 2 is 2.03 bits per heavy atom. The molecule has 2 aromatic carbocycles. The smallest absolute Gasteiger partial charge is 0.269 e. The fourth-order valence-electron chi connectivity index (χ4n) is 2.92. The number of rotatable bonds is 5. The standard InChI is InChI=1S/C20H14BrCl2FN4O2/c21-15-10-28(9-12-1-4-13(22)7-16(12)23)26-19(15)25-20(29)18-8-17(27-30-18)11-2-5-14(24)6-3-11/h1-7,10,18H,8-9H2,(H,25,26,29). The van der Waals surface area contributed by atoms with Gasteiger partial charge in [0.15, 0.2) is 5.82 Å². The molecule has 154 valence electrons. The van der Waals surface area contributed by atoms with E-state index in [1.807, 2.05) is 6.07 Å². The molecule has 0 radical (unpaired) electrons. The fraction of sp³-hybridized carbons (Fsp3) is 0.150. The highest BCUT2D eigenvalue weighted by atomic mass is 79.9. The number of nitrogens with one attached hydrogen (secondary N) is 1. The van der Waals surface area contributed by atoms with Gasteiger partial charge in [-0.2, -0.15) is 5.10 Å². The van der Waals surface area contributed by atoms with Gasteiger partial charge in [0.25, 0.3) is 5.91 Å². The highest BCUT2D eigenvalue weighted by molar-refractivity contribution is 9.10. The Morgan fingerprint density at radius 1 is 1.27 bits per heavy atom. The van der Waals surface area contributed by atoms with Crippen molar-refractivity contribution < 1.29 is 14.0 Å². The third-order valence-electron chi connectivity index (χ3n) is 4.44.